The van der Waals surface area contributed by atoms with Gasteiger partial charge in [-0.15, -0.1) is 0 Å². The average Bonchev–Trinajstić information content (AvgIpc) is 2.75. The molecule has 2 aromatic carbocycles. The van der Waals surface area contributed by atoms with Gasteiger partial charge in [0.2, 0.25) is 5.91 Å². The molecule has 0 unspecified atom stereocenters. The van der Waals surface area contributed by atoms with Crippen molar-refractivity contribution < 1.29 is 9.59 Å². The van der Waals surface area contributed by atoms with Crippen molar-refractivity contribution in [1.82, 2.24) is 15.1 Å². The van der Waals surface area contributed by atoms with Gasteiger partial charge in [-0.1, -0.05) is 24.3 Å². The van der Waals surface area contributed by atoms with Crippen LogP contribution in [0, 0.1) is 0 Å². The number of hydrogen-bond donors (Lipinski definition) is 3. The van der Waals surface area contributed by atoms with E-state index in [0.717, 1.165) is 68.1 Å². The van der Waals surface area contributed by atoms with Crippen LogP contribution < -0.4 is 16.0 Å². The Bertz CT molecular complexity index is 861. The number of urea groups is 1. The highest BCUT2D eigenvalue weighted by atomic mass is 16.2. The van der Waals surface area contributed by atoms with Gasteiger partial charge >= 0.3 is 6.03 Å². The minimum absolute atomic E-state index is 0.0953. The lowest BCUT2D eigenvalue weighted by Crippen LogP contribution is -2.44. The first-order chi connectivity index (χ1) is 15.0. The molecule has 0 atom stereocenters. The number of unbranched alkanes of at least 4 members (excludes halogenated alkanes) is 1. The van der Waals surface area contributed by atoms with Crippen molar-refractivity contribution in [1.29, 1.82) is 0 Å². The summed E-state index contributed by atoms with van der Waals surface area (Å²) in [5, 5.41) is 8.60. The fraction of sp³-hybridized carbons (Fsp3) is 0.417. The van der Waals surface area contributed by atoms with Gasteiger partial charge < -0.3 is 25.8 Å². The first kappa shape index (κ1) is 22.8. The third-order valence-electron chi connectivity index (χ3n) is 5.44. The molecule has 7 nitrogen and oxygen atoms in total. The Morgan fingerprint density at radius 1 is 0.871 bits per heavy atom. The second kappa shape index (κ2) is 11.5. The Balaban J connectivity index is 1.38. The molecule has 1 heterocycles. The molecule has 0 saturated carbocycles. The number of nitrogens with zero attached hydrogens (tertiary/aromatic N) is 2. The SMILES string of the molecule is CC(=O)Nc1cccc(-c2ccc(NC(=O)NCCCCN3CCN(C)CC3)cc2)c1. The molecule has 1 fully saturated rings. The number of likely N-dealkylation sites (N-methyl/N-ethyl adjacent to an activating group) is 1. The van der Waals surface area contributed by atoms with Crippen LogP contribution in [-0.2, 0) is 4.79 Å². The molecule has 1 saturated heterocycles. The smallest absolute Gasteiger partial charge is 0.319 e. The Kier molecular flexibility index (Phi) is 8.44. The molecule has 166 valence electrons. The summed E-state index contributed by atoms with van der Waals surface area (Å²) in [6.45, 7) is 7.82. The molecule has 3 amide bonds. The maximum atomic E-state index is 12.1. The number of rotatable bonds is 8. The molecule has 0 radical (unpaired) electrons. The molecule has 2 aromatic rings. The standard InChI is InChI=1S/C24H33N5O2/c1-19(30)26-23-7-5-6-21(18-23)20-8-10-22(11-9-20)27-24(31)25-12-3-4-13-29-16-14-28(2)15-17-29/h5-11,18H,3-4,12-17H2,1-2H3,(H,26,30)(H2,25,27,31). The summed E-state index contributed by atoms with van der Waals surface area (Å²) in [6.07, 6.45) is 2.07. The van der Waals surface area contributed by atoms with E-state index in [1.165, 1.54) is 6.92 Å². The lowest BCUT2D eigenvalue weighted by atomic mass is 10.0. The molecule has 0 bridgehead atoms. The van der Waals surface area contributed by atoms with Gasteiger partial charge in [-0.05, 0) is 61.8 Å². The number of piperazine rings is 1. The first-order valence-corrected chi connectivity index (χ1v) is 10.9. The third-order valence-corrected chi connectivity index (χ3v) is 5.44. The third kappa shape index (κ3) is 7.70. The van der Waals surface area contributed by atoms with E-state index >= 15 is 0 Å². The molecular formula is C24H33N5O2. The zero-order valence-corrected chi connectivity index (χ0v) is 18.5. The summed E-state index contributed by atoms with van der Waals surface area (Å²) in [4.78, 5) is 28.2. The molecule has 0 aliphatic carbocycles. The van der Waals surface area contributed by atoms with Crippen molar-refractivity contribution in [3.63, 3.8) is 0 Å². The van der Waals surface area contributed by atoms with Crippen molar-refractivity contribution >= 4 is 23.3 Å². The second-order valence-electron chi connectivity index (χ2n) is 8.07. The van der Waals surface area contributed by atoms with Crippen molar-refractivity contribution in [2.45, 2.75) is 19.8 Å². The molecule has 3 rings (SSSR count). The number of carbonyl (C=O) groups excluding carboxylic acids is 2. The molecule has 31 heavy (non-hydrogen) atoms. The van der Waals surface area contributed by atoms with Gasteiger partial charge in [-0.25, -0.2) is 4.79 Å². The van der Waals surface area contributed by atoms with E-state index in [4.69, 9.17) is 0 Å². The molecule has 1 aliphatic heterocycles. The van der Waals surface area contributed by atoms with Crippen molar-refractivity contribution in [2.75, 3.05) is 56.9 Å². The minimum Gasteiger partial charge on any atom is -0.338 e. The fourth-order valence-electron chi connectivity index (χ4n) is 3.63. The lowest BCUT2D eigenvalue weighted by Gasteiger charge is -2.32. The largest absolute Gasteiger partial charge is 0.338 e. The highest BCUT2D eigenvalue weighted by Crippen LogP contribution is 2.24. The Labute approximate surface area is 184 Å². The van der Waals surface area contributed by atoms with E-state index in [9.17, 15) is 9.59 Å². The number of nitrogens with one attached hydrogen (secondary N) is 3. The molecular weight excluding hydrogens is 390 g/mol. The summed E-state index contributed by atoms with van der Waals surface area (Å²) in [5.74, 6) is -0.0953. The highest BCUT2D eigenvalue weighted by Gasteiger charge is 2.12. The zero-order chi connectivity index (χ0) is 22.1. The highest BCUT2D eigenvalue weighted by molar-refractivity contribution is 5.90. The molecule has 0 spiro atoms. The van der Waals surface area contributed by atoms with E-state index in [1.807, 2.05) is 48.5 Å². The van der Waals surface area contributed by atoms with Crippen LogP contribution in [0.2, 0.25) is 0 Å². The topological polar surface area (TPSA) is 76.7 Å². The van der Waals surface area contributed by atoms with Gasteiger partial charge in [0.05, 0.1) is 0 Å². The number of anilines is 2. The average molecular weight is 424 g/mol. The Morgan fingerprint density at radius 2 is 1.61 bits per heavy atom. The summed E-state index contributed by atoms with van der Waals surface area (Å²) in [5.41, 5.74) is 3.53. The van der Waals surface area contributed by atoms with E-state index in [1.54, 1.807) is 0 Å². The lowest BCUT2D eigenvalue weighted by molar-refractivity contribution is -0.114. The number of amides is 3. The molecule has 7 heteroatoms. The Hall–Kier alpha value is -2.90. The first-order valence-electron chi connectivity index (χ1n) is 10.9. The maximum Gasteiger partial charge on any atom is 0.319 e. The number of hydrogen-bond acceptors (Lipinski definition) is 4. The van der Waals surface area contributed by atoms with Crippen molar-refractivity contribution in [2.24, 2.45) is 0 Å². The number of carbonyl (C=O) groups is 2. The summed E-state index contributed by atoms with van der Waals surface area (Å²) in [6, 6.07) is 15.2. The van der Waals surface area contributed by atoms with Crippen LogP contribution in [-0.4, -0.2) is 68.1 Å². The van der Waals surface area contributed by atoms with Crippen LogP contribution in [0.3, 0.4) is 0 Å². The summed E-state index contributed by atoms with van der Waals surface area (Å²) >= 11 is 0. The molecule has 0 aromatic heterocycles. The summed E-state index contributed by atoms with van der Waals surface area (Å²) in [7, 11) is 2.17. The van der Waals surface area contributed by atoms with E-state index in [2.05, 4.69) is 32.8 Å². The quantitative estimate of drug-likeness (QED) is 0.569. The summed E-state index contributed by atoms with van der Waals surface area (Å²) < 4.78 is 0. The predicted octanol–water partition coefficient (Wildman–Crippen LogP) is 3.46. The Morgan fingerprint density at radius 3 is 2.32 bits per heavy atom. The van der Waals surface area contributed by atoms with Gasteiger partial charge in [0.15, 0.2) is 0 Å². The van der Waals surface area contributed by atoms with E-state index in [0.29, 0.717) is 6.54 Å². The van der Waals surface area contributed by atoms with Gasteiger partial charge in [-0.3, -0.25) is 4.79 Å². The van der Waals surface area contributed by atoms with Crippen LogP contribution >= 0.6 is 0 Å². The van der Waals surface area contributed by atoms with Crippen LogP contribution in [0.4, 0.5) is 16.2 Å². The van der Waals surface area contributed by atoms with E-state index in [-0.39, 0.29) is 11.9 Å². The van der Waals surface area contributed by atoms with Crippen LogP contribution in [0.15, 0.2) is 48.5 Å². The fourth-order valence-corrected chi connectivity index (χ4v) is 3.63. The van der Waals surface area contributed by atoms with Crippen LogP contribution in [0.1, 0.15) is 19.8 Å². The second-order valence-corrected chi connectivity index (χ2v) is 8.07. The predicted molar refractivity (Wildman–Crippen MR) is 126 cm³/mol. The van der Waals surface area contributed by atoms with Gasteiger partial charge in [0, 0.05) is 51.0 Å². The zero-order valence-electron chi connectivity index (χ0n) is 18.5. The van der Waals surface area contributed by atoms with Gasteiger partial charge in [-0.2, -0.15) is 0 Å². The van der Waals surface area contributed by atoms with Crippen molar-refractivity contribution in [3.8, 4) is 11.1 Å². The van der Waals surface area contributed by atoms with E-state index < -0.39 is 0 Å². The maximum absolute atomic E-state index is 12.1. The minimum atomic E-state index is -0.181. The van der Waals surface area contributed by atoms with Crippen molar-refractivity contribution in [3.05, 3.63) is 48.5 Å². The van der Waals surface area contributed by atoms with Gasteiger partial charge in [0.25, 0.3) is 0 Å². The van der Waals surface area contributed by atoms with Gasteiger partial charge in [0.1, 0.15) is 0 Å². The molecule has 1 aliphatic rings. The monoisotopic (exact) mass is 423 g/mol. The normalized spacial score (nSPS) is 14.8. The molecule has 3 N–H and O–H groups in total. The van der Waals surface area contributed by atoms with Crippen LogP contribution in [0.5, 0.6) is 0 Å². The number of benzene rings is 2. The van der Waals surface area contributed by atoms with Crippen LogP contribution in [0.25, 0.3) is 11.1 Å².